The van der Waals surface area contributed by atoms with Crippen molar-refractivity contribution < 1.29 is 4.74 Å². The number of hydrogen-bond acceptors (Lipinski definition) is 5. The molecule has 0 aliphatic carbocycles. The highest BCUT2D eigenvalue weighted by atomic mass is 16.5. The van der Waals surface area contributed by atoms with E-state index >= 15 is 0 Å². The zero-order valence-corrected chi connectivity index (χ0v) is 13.3. The molecule has 0 aromatic carbocycles. The number of hydrogen-bond donors (Lipinski definition) is 0. The molecule has 1 aliphatic rings. The fourth-order valence-corrected chi connectivity index (χ4v) is 2.94. The Morgan fingerprint density at radius 2 is 1.82 bits per heavy atom. The van der Waals surface area contributed by atoms with Crippen molar-refractivity contribution in [2.24, 2.45) is 7.05 Å². The van der Waals surface area contributed by atoms with Crippen LogP contribution >= 0.6 is 0 Å². The summed E-state index contributed by atoms with van der Waals surface area (Å²) in [6, 6.07) is 4.14. The molecular weight excluding hydrogens is 278 g/mol. The summed E-state index contributed by atoms with van der Waals surface area (Å²) in [5, 5.41) is 4.27. The van der Waals surface area contributed by atoms with E-state index in [9.17, 15) is 0 Å². The van der Waals surface area contributed by atoms with Gasteiger partial charge >= 0.3 is 0 Å². The quantitative estimate of drug-likeness (QED) is 0.829. The number of rotatable bonds is 5. The number of methoxy groups -OCH3 is 1. The summed E-state index contributed by atoms with van der Waals surface area (Å²) in [5.74, 6) is 0.859. The van der Waals surface area contributed by atoms with Crippen LogP contribution in [0.2, 0.25) is 0 Å². The Hall–Kier alpha value is -1.92. The number of aromatic nitrogens is 3. The minimum Gasteiger partial charge on any atom is -0.481 e. The maximum atomic E-state index is 5.41. The molecular formula is C16H23N5O. The van der Waals surface area contributed by atoms with Gasteiger partial charge in [0.2, 0.25) is 5.88 Å². The maximum Gasteiger partial charge on any atom is 0.215 e. The predicted octanol–water partition coefficient (Wildman–Crippen LogP) is 1.14. The fourth-order valence-electron chi connectivity index (χ4n) is 2.94. The lowest BCUT2D eigenvalue weighted by Crippen LogP contribution is -2.45. The maximum absolute atomic E-state index is 5.41. The van der Waals surface area contributed by atoms with Gasteiger partial charge in [-0.25, -0.2) is 4.68 Å². The first kappa shape index (κ1) is 15.0. The molecule has 0 amide bonds. The lowest BCUT2D eigenvalue weighted by molar-refractivity contribution is 0.121. The van der Waals surface area contributed by atoms with E-state index in [0.29, 0.717) is 0 Å². The predicted molar refractivity (Wildman–Crippen MR) is 84.6 cm³/mol. The number of nitrogens with zero attached hydrogens (tertiary/aromatic N) is 5. The van der Waals surface area contributed by atoms with Crippen molar-refractivity contribution >= 4 is 0 Å². The standard InChI is InChI=1S/C16H23N5O/c1-19-16(22-2)15(11-18-19)13-21-8-6-20(7-9-21)12-14-4-3-5-17-10-14/h3-5,10-11H,6-9,12-13H2,1-2H3. The average molecular weight is 301 g/mol. The number of ether oxygens (including phenoxy) is 1. The van der Waals surface area contributed by atoms with Gasteiger partial charge in [-0.1, -0.05) is 6.07 Å². The van der Waals surface area contributed by atoms with Gasteiger partial charge in [0.15, 0.2) is 0 Å². The smallest absolute Gasteiger partial charge is 0.215 e. The third-order valence-electron chi connectivity index (χ3n) is 4.14. The highest BCUT2D eigenvalue weighted by Crippen LogP contribution is 2.19. The van der Waals surface area contributed by atoms with Crippen molar-refractivity contribution in [3.05, 3.63) is 41.9 Å². The minimum absolute atomic E-state index is 0.859. The molecule has 118 valence electrons. The van der Waals surface area contributed by atoms with E-state index in [1.54, 1.807) is 11.8 Å². The molecule has 0 saturated carbocycles. The van der Waals surface area contributed by atoms with Gasteiger partial charge in [-0.2, -0.15) is 5.10 Å². The van der Waals surface area contributed by atoms with Crippen molar-refractivity contribution in [1.82, 2.24) is 24.6 Å². The Bertz CT molecular complexity index is 590. The van der Waals surface area contributed by atoms with E-state index in [4.69, 9.17) is 4.74 Å². The van der Waals surface area contributed by atoms with Crippen LogP contribution in [0, 0.1) is 0 Å². The Morgan fingerprint density at radius 3 is 2.45 bits per heavy atom. The second kappa shape index (κ2) is 6.89. The Balaban J connectivity index is 1.51. The number of pyridine rings is 1. The second-order valence-electron chi connectivity index (χ2n) is 5.72. The largest absolute Gasteiger partial charge is 0.481 e. The van der Waals surface area contributed by atoms with E-state index < -0.39 is 0 Å². The van der Waals surface area contributed by atoms with Crippen LogP contribution in [0.5, 0.6) is 5.88 Å². The van der Waals surface area contributed by atoms with E-state index in [2.05, 4.69) is 25.9 Å². The van der Waals surface area contributed by atoms with Gasteiger partial charge in [0.25, 0.3) is 0 Å². The lowest BCUT2D eigenvalue weighted by atomic mass is 10.2. The summed E-state index contributed by atoms with van der Waals surface area (Å²) < 4.78 is 7.20. The van der Waals surface area contributed by atoms with E-state index in [1.807, 2.05) is 31.7 Å². The first-order chi connectivity index (χ1) is 10.8. The molecule has 0 spiro atoms. The zero-order valence-electron chi connectivity index (χ0n) is 13.3. The third-order valence-corrected chi connectivity index (χ3v) is 4.14. The summed E-state index contributed by atoms with van der Waals surface area (Å²) in [4.78, 5) is 9.12. The van der Waals surface area contributed by atoms with Crippen molar-refractivity contribution in [2.45, 2.75) is 13.1 Å². The number of piperazine rings is 1. The van der Waals surface area contributed by atoms with E-state index in [1.165, 1.54) is 5.56 Å². The minimum atomic E-state index is 0.859. The molecule has 2 aromatic rings. The normalized spacial score (nSPS) is 16.8. The van der Waals surface area contributed by atoms with Gasteiger partial charge in [0, 0.05) is 64.3 Å². The summed E-state index contributed by atoms with van der Waals surface area (Å²) in [7, 11) is 3.61. The summed E-state index contributed by atoms with van der Waals surface area (Å²) in [5.41, 5.74) is 2.44. The van der Waals surface area contributed by atoms with Crippen LogP contribution < -0.4 is 4.74 Å². The Kier molecular flexibility index (Phi) is 4.70. The van der Waals surface area contributed by atoms with E-state index in [-0.39, 0.29) is 0 Å². The van der Waals surface area contributed by atoms with Crippen LogP contribution in [-0.2, 0) is 20.1 Å². The highest BCUT2D eigenvalue weighted by Gasteiger charge is 2.19. The van der Waals surface area contributed by atoms with Crippen LogP contribution in [0.1, 0.15) is 11.1 Å². The van der Waals surface area contributed by atoms with Crippen LogP contribution in [-0.4, -0.2) is 57.9 Å². The molecule has 0 unspecified atom stereocenters. The van der Waals surface area contributed by atoms with Crippen molar-refractivity contribution in [3.63, 3.8) is 0 Å². The van der Waals surface area contributed by atoms with E-state index in [0.717, 1.165) is 50.7 Å². The van der Waals surface area contributed by atoms with Crippen molar-refractivity contribution in [1.29, 1.82) is 0 Å². The molecule has 0 N–H and O–H groups in total. The average Bonchev–Trinajstić information content (AvgIpc) is 2.90. The number of aryl methyl sites for hydroxylation is 1. The monoisotopic (exact) mass is 301 g/mol. The molecule has 1 aliphatic heterocycles. The molecule has 1 saturated heterocycles. The third kappa shape index (κ3) is 3.45. The summed E-state index contributed by atoms with van der Waals surface area (Å²) in [6.45, 7) is 6.18. The van der Waals surface area contributed by atoms with Gasteiger partial charge in [0.05, 0.1) is 13.3 Å². The second-order valence-corrected chi connectivity index (χ2v) is 5.72. The van der Waals surface area contributed by atoms with Crippen LogP contribution in [0.25, 0.3) is 0 Å². The van der Waals surface area contributed by atoms with Crippen molar-refractivity contribution in [3.8, 4) is 5.88 Å². The molecule has 1 fully saturated rings. The molecule has 6 heteroatoms. The topological polar surface area (TPSA) is 46.4 Å². The Morgan fingerprint density at radius 1 is 1.09 bits per heavy atom. The van der Waals surface area contributed by atoms with Gasteiger partial charge in [-0.3, -0.25) is 14.8 Å². The SMILES string of the molecule is COc1c(CN2CCN(Cc3cccnc3)CC2)cnn1C. The highest BCUT2D eigenvalue weighted by molar-refractivity contribution is 5.23. The molecule has 2 aromatic heterocycles. The van der Waals surface area contributed by atoms with Crippen LogP contribution in [0.4, 0.5) is 0 Å². The molecule has 0 atom stereocenters. The first-order valence-corrected chi connectivity index (χ1v) is 7.64. The molecule has 22 heavy (non-hydrogen) atoms. The van der Waals surface area contributed by atoms with Gasteiger partial charge in [-0.15, -0.1) is 0 Å². The molecule has 0 radical (unpaired) electrons. The van der Waals surface area contributed by atoms with Gasteiger partial charge in [0.1, 0.15) is 0 Å². The molecule has 6 nitrogen and oxygen atoms in total. The Labute approximate surface area is 131 Å². The van der Waals surface area contributed by atoms with Gasteiger partial charge in [-0.05, 0) is 11.6 Å². The van der Waals surface area contributed by atoms with Gasteiger partial charge < -0.3 is 4.74 Å². The molecule has 3 heterocycles. The first-order valence-electron chi connectivity index (χ1n) is 7.64. The van der Waals surface area contributed by atoms with Crippen LogP contribution in [0.15, 0.2) is 30.7 Å². The van der Waals surface area contributed by atoms with Crippen molar-refractivity contribution in [2.75, 3.05) is 33.3 Å². The summed E-state index contributed by atoms with van der Waals surface area (Å²) in [6.07, 6.45) is 5.68. The van der Waals surface area contributed by atoms with Crippen LogP contribution in [0.3, 0.4) is 0 Å². The molecule has 0 bridgehead atoms. The summed E-state index contributed by atoms with van der Waals surface area (Å²) >= 11 is 0. The zero-order chi connectivity index (χ0) is 15.4. The fraction of sp³-hybridized carbons (Fsp3) is 0.500. The molecule has 3 rings (SSSR count). The lowest BCUT2D eigenvalue weighted by Gasteiger charge is -2.34.